The molecule has 6 atom stereocenters. The van der Waals surface area contributed by atoms with Crippen molar-refractivity contribution in [3.63, 3.8) is 0 Å². The van der Waals surface area contributed by atoms with Crippen molar-refractivity contribution in [3.05, 3.63) is 251 Å². The Labute approximate surface area is 388 Å². The number of amidine groups is 1. The number of allylic oxidation sites excluding steroid dienone is 9. The summed E-state index contributed by atoms with van der Waals surface area (Å²) in [4.78, 5) is 13.6. The lowest BCUT2D eigenvalue weighted by Crippen LogP contribution is -2.35. The zero-order chi connectivity index (χ0) is 44.4. The fraction of sp³-hybridized carbons (Fsp3) is 0.177. The van der Waals surface area contributed by atoms with E-state index in [1.807, 2.05) is 24.3 Å². The van der Waals surface area contributed by atoms with Gasteiger partial charge in [0.1, 0.15) is 0 Å². The average Bonchev–Trinajstić information content (AvgIpc) is 3.82. The number of rotatable bonds is 7. The Morgan fingerprint density at radius 1 is 0.621 bits per heavy atom. The predicted octanol–water partition coefficient (Wildman–Crippen LogP) is 14.3. The van der Waals surface area contributed by atoms with Crippen LogP contribution in [0.4, 0.5) is 5.69 Å². The first kappa shape index (κ1) is 39.9. The second kappa shape index (κ2) is 16.1. The SMILES string of the molecule is CC1(C)C2CC3=C(C=C2C2C=CC=CC21)C1C=CC(c2ccccc2)=CC1N3c1cc(-c2cccc(C#N)c2)cc(C2CC(c3cccc(-c4ccccc4)c3)=NC(c3ccccc3)=N2)c1. The van der Waals surface area contributed by atoms with E-state index in [2.05, 4.69) is 207 Å². The van der Waals surface area contributed by atoms with Crippen LogP contribution < -0.4 is 4.90 Å². The van der Waals surface area contributed by atoms with Gasteiger partial charge in [0.25, 0.3) is 0 Å². The number of benzene rings is 6. The van der Waals surface area contributed by atoms with Crippen molar-refractivity contribution < 1.29 is 0 Å². The minimum absolute atomic E-state index is 0.0766. The molecule has 6 unspecified atom stereocenters. The number of fused-ring (bicyclic) bond motifs is 5. The molecule has 0 bridgehead atoms. The Morgan fingerprint density at radius 2 is 1.30 bits per heavy atom. The van der Waals surface area contributed by atoms with Gasteiger partial charge < -0.3 is 4.90 Å². The third-order valence-electron chi connectivity index (χ3n) is 15.2. The molecule has 0 saturated heterocycles. The highest BCUT2D eigenvalue weighted by atomic mass is 15.2. The molecule has 1 fully saturated rings. The van der Waals surface area contributed by atoms with Crippen molar-refractivity contribution in [1.82, 2.24) is 0 Å². The zero-order valence-electron chi connectivity index (χ0n) is 37.3. The normalized spacial score (nSPS) is 24.3. The standard InChI is InChI=1S/C62H50N4/c1-62(2)55-27-13-12-26-51(55)53-36-54-52-29-28-46(42-19-8-4-9-20-42)35-59(52)66(60(54)37-56(53)62)50-33-48(44-23-14-16-40(30-44)39-63)32-49(34-50)58-38-57(64-61(65-58)43-21-10-5-11-22-43)47-25-15-24-45(31-47)41-17-6-3-7-18-41/h3-36,51-52,55-56,58-59H,37-38H2,1-2H3. The van der Waals surface area contributed by atoms with Gasteiger partial charge in [-0.3, -0.25) is 4.99 Å². The first-order valence-corrected chi connectivity index (χ1v) is 23.5. The molecule has 0 amide bonds. The van der Waals surface area contributed by atoms with Gasteiger partial charge in [-0.1, -0.05) is 189 Å². The molecule has 0 N–H and O–H groups in total. The molecule has 0 radical (unpaired) electrons. The van der Waals surface area contributed by atoms with E-state index in [1.165, 1.54) is 28.0 Å². The summed E-state index contributed by atoms with van der Waals surface area (Å²) in [5.41, 5.74) is 17.5. The zero-order valence-corrected chi connectivity index (χ0v) is 37.3. The summed E-state index contributed by atoms with van der Waals surface area (Å²) in [7, 11) is 0. The van der Waals surface area contributed by atoms with Crippen molar-refractivity contribution in [1.29, 1.82) is 5.26 Å². The average molecular weight is 851 g/mol. The number of hydrogen-bond donors (Lipinski definition) is 0. The lowest BCUT2D eigenvalue weighted by atomic mass is 9.70. The molecule has 0 aromatic heterocycles. The van der Waals surface area contributed by atoms with Crippen molar-refractivity contribution in [2.75, 3.05) is 4.90 Å². The molecule has 6 aliphatic rings. The summed E-state index contributed by atoms with van der Waals surface area (Å²) < 4.78 is 0. The Kier molecular flexibility index (Phi) is 9.76. The van der Waals surface area contributed by atoms with E-state index in [9.17, 15) is 5.26 Å². The number of nitriles is 1. The number of aliphatic imine (C=N–C) groups is 2. The number of nitrogens with zero attached hydrogens (tertiary/aromatic N) is 4. The molecule has 4 heteroatoms. The Morgan fingerprint density at radius 3 is 2.08 bits per heavy atom. The first-order valence-electron chi connectivity index (χ1n) is 23.5. The van der Waals surface area contributed by atoms with E-state index < -0.39 is 0 Å². The molecule has 12 rings (SSSR count). The van der Waals surface area contributed by atoms with Crippen LogP contribution in [-0.4, -0.2) is 17.6 Å². The fourth-order valence-corrected chi connectivity index (χ4v) is 11.8. The Bertz CT molecular complexity index is 3210. The van der Waals surface area contributed by atoms with Crippen LogP contribution in [0.15, 0.2) is 233 Å². The molecule has 1 saturated carbocycles. The molecule has 6 aromatic carbocycles. The summed E-state index contributed by atoms with van der Waals surface area (Å²) in [6, 6.07) is 58.0. The smallest absolute Gasteiger partial charge is 0.155 e. The van der Waals surface area contributed by atoms with Crippen LogP contribution >= 0.6 is 0 Å². The van der Waals surface area contributed by atoms with Gasteiger partial charge in [0.15, 0.2) is 5.84 Å². The molecular formula is C62H50N4. The molecule has 2 aliphatic heterocycles. The first-order chi connectivity index (χ1) is 32.4. The van der Waals surface area contributed by atoms with Crippen LogP contribution in [0, 0.1) is 40.4 Å². The number of anilines is 1. The van der Waals surface area contributed by atoms with Crippen LogP contribution in [0.3, 0.4) is 0 Å². The Balaban J connectivity index is 1.03. The second-order valence-corrected chi connectivity index (χ2v) is 19.2. The predicted molar refractivity (Wildman–Crippen MR) is 271 cm³/mol. The van der Waals surface area contributed by atoms with Gasteiger partial charge in [-0.2, -0.15) is 5.26 Å². The highest BCUT2D eigenvalue weighted by Crippen LogP contribution is 2.62. The lowest BCUT2D eigenvalue weighted by Gasteiger charge is -2.37. The maximum Gasteiger partial charge on any atom is 0.155 e. The van der Waals surface area contributed by atoms with E-state index in [4.69, 9.17) is 9.98 Å². The van der Waals surface area contributed by atoms with Gasteiger partial charge in [0, 0.05) is 35.2 Å². The third kappa shape index (κ3) is 6.90. The van der Waals surface area contributed by atoms with E-state index >= 15 is 0 Å². The van der Waals surface area contributed by atoms with Gasteiger partial charge in [-0.25, -0.2) is 4.99 Å². The van der Waals surface area contributed by atoms with Crippen molar-refractivity contribution in [3.8, 4) is 28.3 Å². The highest BCUT2D eigenvalue weighted by Gasteiger charge is 2.54. The van der Waals surface area contributed by atoms with Gasteiger partial charge in [-0.05, 0) is 110 Å². The second-order valence-electron chi connectivity index (χ2n) is 19.2. The van der Waals surface area contributed by atoms with Crippen molar-refractivity contribution in [2.24, 2.45) is 39.1 Å². The fourth-order valence-electron chi connectivity index (χ4n) is 11.8. The quantitative estimate of drug-likeness (QED) is 0.161. The molecule has 0 spiro atoms. The minimum Gasteiger partial charge on any atom is -0.337 e. The molecular weight excluding hydrogens is 801 g/mol. The lowest BCUT2D eigenvalue weighted by molar-refractivity contribution is 0.215. The third-order valence-corrected chi connectivity index (χ3v) is 15.2. The van der Waals surface area contributed by atoms with Crippen LogP contribution in [0.5, 0.6) is 0 Å². The van der Waals surface area contributed by atoms with E-state index in [0.29, 0.717) is 29.7 Å². The van der Waals surface area contributed by atoms with Crippen LogP contribution in [0.25, 0.3) is 27.8 Å². The maximum atomic E-state index is 10.1. The summed E-state index contributed by atoms with van der Waals surface area (Å²) in [5, 5.41) is 10.1. The summed E-state index contributed by atoms with van der Waals surface area (Å²) in [6.45, 7) is 4.98. The van der Waals surface area contributed by atoms with E-state index in [1.54, 1.807) is 5.57 Å². The topological polar surface area (TPSA) is 51.8 Å². The Hall–Kier alpha value is -7.61. The van der Waals surface area contributed by atoms with Crippen molar-refractivity contribution >= 4 is 22.8 Å². The van der Waals surface area contributed by atoms with Crippen LogP contribution in [-0.2, 0) is 0 Å². The monoisotopic (exact) mass is 850 g/mol. The molecule has 318 valence electrons. The molecule has 2 heterocycles. The van der Waals surface area contributed by atoms with Crippen LogP contribution in [0.2, 0.25) is 0 Å². The van der Waals surface area contributed by atoms with Crippen molar-refractivity contribution in [2.45, 2.75) is 38.8 Å². The number of hydrogen-bond acceptors (Lipinski definition) is 4. The van der Waals surface area contributed by atoms with Gasteiger partial charge in [-0.15, -0.1) is 0 Å². The minimum atomic E-state index is -0.215. The maximum absolute atomic E-state index is 10.1. The molecule has 6 aromatic rings. The van der Waals surface area contributed by atoms with Gasteiger partial charge in [0.2, 0.25) is 0 Å². The summed E-state index contributed by atoms with van der Waals surface area (Å²) in [6.07, 6.45) is 21.0. The molecule has 66 heavy (non-hydrogen) atoms. The van der Waals surface area contributed by atoms with Crippen LogP contribution in [0.1, 0.15) is 60.5 Å². The largest absolute Gasteiger partial charge is 0.337 e. The van der Waals surface area contributed by atoms with Gasteiger partial charge >= 0.3 is 0 Å². The van der Waals surface area contributed by atoms with E-state index in [0.717, 1.165) is 57.0 Å². The summed E-state index contributed by atoms with van der Waals surface area (Å²) in [5.74, 6) is 2.26. The molecule has 4 nitrogen and oxygen atoms in total. The summed E-state index contributed by atoms with van der Waals surface area (Å²) >= 11 is 0. The highest BCUT2D eigenvalue weighted by molar-refractivity contribution is 6.14. The van der Waals surface area contributed by atoms with Gasteiger partial charge in [0.05, 0.1) is 29.4 Å². The molecule has 4 aliphatic carbocycles. The van der Waals surface area contributed by atoms with E-state index in [-0.39, 0.29) is 23.4 Å².